The van der Waals surface area contributed by atoms with Crippen LogP contribution in [0.3, 0.4) is 0 Å². The van der Waals surface area contributed by atoms with Crippen molar-refractivity contribution in [2.75, 3.05) is 11.5 Å². The van der Waals surface area contributed by atoms with Crippen LogP contribution in [-0.4, -0.2) is 11.1 Å². The van der Waals surface area contributed by atoms with Gasteiger partial charge in [0.25, 0.3) is 0 Å². The van der Waals surface area contributed by atoms with Crippen LogP contribution in [0.25, 0.3) is 0 Å². The van der Waals surface area contributed by atoms with E-state index in [0.29, 0.717) is 11.4 Å². The van der Waals surface area contributed by atoms with E-state index < -0.39 is 5.97 Å². The average molecular weight is 262 g/mol. The number of benzene rings is 1. The Kier molecular flexibility index (Phi) is 3.69. The number of carboxylic acid groups (broad SMARTS) is 1. The number of hydrogen-bond donors (Lipinski definition) is 3. The minimum Gasteiger partial charge on any atom is -0.478 e. The first-order valence-corrected chi connectivity index (χ1v) is 6.93. The number of nitrogens with two attached hydrogens (primary N) is 2. The van der Waals surface area contributed by atoms with Gasteiger partial charge in [-0.1, -0.05) is 26.2 Å². The Morgan fingerprint density at radius 2 is 1.74 bits per heavy atom. The summed E-state index contributed by atoms with van der Waals surface area (Å²) in [5.74, 6) is -0.987. The zero-order chi connectivity index (χ0) is 14.0. The highest BCUT2D eigenvalue weighted by molar-refractivity contribution is 5.91. The van der Waals surface area contributed by atoms with Crippen LogP contribution < -0.4 is 11.5 Å². The lowest BCUT2D eigenvalue weighted by Gasteiger charge is -2.38. The summed E-state index contributed by atoms with van der Waals surface area (Å²) in [7, 11) is 0. The van der Waals surface area contributed by atoms with Crippen molar-refractivity contribution < 1.29 is 9.90 Å². The summed E-state index contributed by atoms with van der Waals surface area (Å²) in [5, 5.41) is 9.05. The summed E-state index contributed by atoms with van der Waals surface area (Å²) in [4.78, 5) is 11.0. The van der Waals surface area contributed by atoms with Crippen molar-refractivity contribution in [2.45, 2.75) is 50.9 Å². The minimum atomic E-state index is -0.987. The fourth-order valence-electron chi connectivity index (χ4n) is 3.43. The smallest absolute Gasteiger partial charge is 0.335 e. The topological polar surface area (TPSA) is 89.3 Å². The fraction of sp³-hybridized carbons (Fsp3) is 0.533. The maximum Gasteiger partial charge on any atom is 0.335 e. The lowest BCUT2D eigenvalue weighted by molar-refractivity contribution is 0.0697. The summed E-state index contributed by atoms with van der Waals surface area (Å²) >= 11 is 0. The molecule has 19 heavy (non-hydrogen) atoms. The molecule has 0 spiro atoms. The van der Waals surface area contributed by atoms with Gasteiger partial charge in [0.1, 0.15) is 0 Å². The van der Waals surface area contributed by atoms with E-state index in [0.717, 1.165) is 24.8 Å². The number of rotatable bonds is 3. The molecular weight excluding hydrogens is 240 g/mol. The number of carbonyl (C=O) groups is 1. The molecule has 0 heterocycles. The molecule has 0 aromatic heterocycles. The van der Waals surface area contributed by atoms with Gasteiger partial charge in [-0.05, 0) is 36.8 Å². The van der Waals surface area contributed by atoms with Crippen LogP contribution in [0, 0.1) is 0 Å². The van der Waals surface area contributed by atoms with Crippen LogP contribution in [0.2, 0.25) is 0 Å². The molecule has 0 bridgehead atoms. The molecule has 0 radical (unpaired) electrons. The summed E-state index contributed by atoms with van der Waals surface area (Å²) in [6, 6.07) is 3.08. The molecule has 1 fully saturated rings. The third-order valence-corrected chi connectivity index (χ3v) is 4.46. The molecule has 0 unspecified atom stereocenters. The van der Waals surface area contributed by atoms with E-state index in [9.17, 15) is 4.79 Å². The molecule has 5 N–H and O–H groups in total. The molecule has 1 aliphatic carbocycles. The molecule has 0 saturated heterocycles. The molecule has 1 aromatic rings. The molecule has 104 valence electrons. The second-order valence-corrected chi connectivity index (χ2v) is 5.53. The van der Waals surface area contributed by atoms with Gasteiger partial charge < -0.3 is 16.6 Å². The molecule has 1 saturated carbocycles. The Hall–Kier alpha value is -1.71. The van der Waals surface area contributed by atoms with Crippen LogP contribution in [-0.2, 0) is 5.41 Å². The van der Waals surface area contributed by atoms with E-state index in [4.69, 9.17) is 16.6 Å². The van der Waals surface area contributed by atoms with Gasteiger partial charge in [-0.15, -0.1) is 0 Å². The normalized spacial score (nSPS) is 18.2. The minimum absolute atomic E-state index is 0.0312. The van der Waals surface area contributed by atoms with Crippen molar-refractivity contribution in [3.05, 3.63) is 23.3 Å². The average Bonchev–Trinajstić information content (AvgIpc) is 2.38. The first-order chi connectivity index (χ1) is 9.00. The SMILES string of the molecule is CCC1(c2c(N)cc(C(=O)O)cc2N)CCCCC1. The van der Waals surface area contributed by atoms with Gasteiger partial charge in [-0.2, -0.15) is 0 Å². The standard InChI is InChI=1S/C15H22N2O2/c1-2-15(6-4-3-5-7-15)13-11(16)8-10(14(18)19)9-12(13)17/h8-9H,2-7,16-17H2,1H3,(H,18,19). The van der Waals surface area contributed by atoms with E-state index in [1.165, 1.54) is 19.3 Å². The third-order valence-electron chi connectivity index (χ3n) is 4.46. The molecular formula is C15H22N2O2. The van der Waals surface area contributed by atoms with Gasteiger partial charge in [0.2, 0.25) is 0 Å². The first kappa shape index (κ1) is 13.7. The summed E-state index contributed by atoms with van der Waals surface area (Å²) < 4.78 is 0. The van der Waals surface area contributed by atoms with E-state index in [2.05, 4.69) is 6.92 Å². The quantitative estimate of drug-likeness (QED) is 0.730. The maximum absolute atomic E-state index is 11.0. The van der Waals surface area contributed by atoms with Crippen molar-refractivity contribution in [1.29, 1.82) is 0 Å². The van der Waals surface area contributed by atoms with Gasteiger partial charge in [-0.25, -0.2) is 4.79 Å². The van der Waals surface area contributed by atoms with Crippen LogP contribution in [0.4, 0.5) is 11.4 Å². The fourth-order valence-corrected chi connectivity index (χ4v) is 3.43. The van der Waals surface area contributed by atoms with E-state index in [1.807, 2.05) is 0 Å². The first-order valence-electron chi connectivity index (χ1n) is 6.93. The Morgan fingerprint density at radius 1 is 1.21 bits per heavy atom. The van der Waals surface area contributed by atoms with Gasteiger partial charge in [0.05, 0.1) is 5.56 Å². The Labute approximate surface area is 113 Å². The van der Waals surface area contributed by atoms with Crippen molar-refractivity contribution in [3.63, 3.8) is 0 Å². The second kappa shape index (κ2) is 5.11. The molecule has 4 heteroatoms. The van der Waals surface area contributed by atoms with Gasteiger partial charge in [-0.3, -0.25) is 0 Å². The number of aromatic carboxylic acids is 1. The van der Waals surface area contributed by atoms with E-state index in [-0.39, 0.29) is 11.0 Å². The lowest BCUT2D eigenvalue weighted by atomic mass is 9.66. The number of hydrogen-bond acceptors (Lipinski definition) is 3. The molecule has 1 aromatic carbocycles. The molecule has 4 nitrogen and oxygen atoms in total. The molecule has 2 rings (SSSR count). The van der Waals surface area contributed by atoms with Gasteiger partial charge in [0.15, 0.2) is 0 Å². The molecule has 0 aliphatic heterocycles. The van der Waals surface area contributed by atoms with Crippen LogP contribution in [0.1, 0.15) is 61.4 Å². The molecule has 0 atom stereocenters. The van der Waals surface area contributed by atoms with Crippen molar-refractivity contribution in [2.24, 2.45) is 0 Å². The predicted octanol–water partition coefficient (Wildman–Crippen LogP) is 3.16. The summed E-state index contributed by atoms with van der Waals surface area (Å²) in [6.07, 6.45) is 6.80. The largest absolute Gasteiger partial charge is 0.478 e. The maximum atomic E-state index is 11.0. The van der Waals surface area contributed by atoms with Gasteiger partial charge in [0, 0.05) is 16.9 Å². The highest BCUT2D eigenvalue weighted by Crippen LogP contribution is 2.46. The number of anilines is 2. The van der Waals surface area contributed by atoms with Crippen molar-refractivity contribution >= 4 is 17.3 Å². The second-order valence-electron chi connectivity index (χ2n) is 5.53. The Balaban J connectivity index is 2.51. The lowest BCUT2D eigenvalue weighted by Crippen LogP contribution is -2.30. The monoisotopic (exact) mass is 262 g/mol. The van der Waals surface area contributed by atoms with Crippen molar-refractivity contribution in [1.82, 2.24) is 0 Å². The Morgan fingerprint density at radius 3 is 2.16 bits per heavy atom. The molecule has 1 aliphatic rings. The van der Waals surface area contributed by atoms with Crippen LogP contribution >= 0.6 is 0 Å². The summed E-state index contributed by atoms with van der Waals surface area (Å²) in [5.41, 5.74) is 14.4. The highest BCUT2D eigenvalue weighted by atomic mass is 16.4. The Bertz CT molecular complexity index is 468. The number of nitrogen functional groups attached to an aromatic ring is 2. The zero-order valence-electron chi connectivity index (χ0n) is 11.4. The van der Waals surface area contributed by atoms with Gasteiger partial charge >= 0.3 is 5.97 Å². The van der Waals surface area contributed by atoms with E-state index >= 15 is 0 Å². The molecule has 0 amide bonds. The third kappa shape index (κ3) is 2.39. The van der Waals surface area contributed by atoms with E-state index in [1.54, 1.807) is 12.1 Å². The van der Waals surface area contributed by atoms with Crippen LogP contribution in [0.15, 0.2) is 12.1 Å². The summed E-state index contributed by atoms with van der Waals surface area (Å²) in [6.45, 7) is 2.16. The van der Waals surface area contributed by atoms with Crippen LogP contribution in [0.5, 0.6) is 0 Å². The number of carboxylic acids is 1. The predicted molar refractivity (Wildman–Crippen MR) is 77.3 cm³/mol. The van der Waals surface area contributed by atoms with Crippen molar-refractivity contribution in [3.8, 4) is 0 Å². The zero-order valence-corrected chi connectivity index (χ0v) is 11.4. The highest BCUT2D eigenvalue weighted by Gasteiger charge is 2.35.